The van der Waals surface area contributed by atoms with Gasteiger partial charge in [-0.2, -0.15) is 0 Å². The second kappa shape index (κ2) is 4.30. The number of carbonyl (C=O) groups is 1. The highest BCUT2D eigenvalue weighted by atomic mass is 16.7. The van der Waals surface area contributed by atoms with Crippen molar-refractivity contribution in [3.63, 3.8) is 0 Å². The summed E-state index contributed by atoms with van der Waals surface area (Å²) < 4.78 is 11.7. The fraction of sp³-hybridized carbons (Fsp3) is 0.769. The van der Waals surface area contributed by atoms with E-state index in [1.165, 1.54) is 0 Å². The Morgan fingerprint density at radius 3 is 2.38 bits per heavy atom. The van der Waals surface area contributed by atoms with Crippen molar-refractivity contribution in [3.05, 3.63) is 12.2 Å². The Balaban J connectivity index is 2.16. The van der Waals surface area contributed by atoms with Crippen molar-refractivity contribution in [2.24, 2.45) is 5.41 Å². The van der Waals surface area contributed by atoms with Crippen LogP contribution < -0.4 is 0 Å². The summed E-state index contributed by atoms with van der Waals surface area (Å²) in [6.45, 7) is 5.07. The van der Waals surface area contributed by atoms with E-state index in [2.05, 4.69) is 6.92 Å². The van der Waals surface area contributed by atoms with Crippen LogP contribution in [0.3, 0.4) is 0 Å². The van der Waals surface area contributed by atoms with Crippen LogP contribution >= 0.6 is 0 Å². The molecule has 0 aromatic rings. The Morgan fingerprint density at radius 1 is 1.31 bits per heavy atom. The second-order valence-corrected chi connectivity index (χ2v) is 4.80. The van der Waals surface area contributed by atoms with Crippen LogP contribution in [0, 0.1) is 5.41 Å². The van der Waals surface area contributed by atoms with Crippen LogP contribution in [0.1, 0.15) is 39.5 Å². The maximum absolute atomic E-state index is 11.0. The topological polar surface area (TPSA) is 35.5 Å². The van der Waals surface area contributed by atoms with Crippen molar-refractivity contribution in [2.45, 2.75) is 45.3 Å². The molecule has 0 N–H and O–H groups in total. The van der Waals surface area contributed by atoms with Crippen LogP contribution in [-0.4, -0.2) is 24.8 Å². The summed E-state index contributed by atoms with van der Waals surface area (Å²) in [6, 6.07) is 0. The molecule has 0 unspecified atom stereocenters. The smallest absolute Gasteiger partial charge is 0.177 e. The van der Waals surface area contributed by atoms with Crippen molar-refractivity contribution in [3.8, 4) is 0 Å². The van der Waals surface area contributed by atoms with Crippen molar-refractivity contribution in [1.29, 1.82) is 0 Å². The summed E-state index contributed by atoms with van der Waals surface area (Å²) in [5.41, 5.74) is -0.0365. The minimum atomic E-state index is -0.451. The van der Waals surface area contributed by atoms with Crippen molar-refractivity contribution in [2.75, 3.05) is 13.2 Å². The molecular formula is C13H20O3. The molecule has 1 aliphatic carbocycles. The molecule has 2 aliphatic rings. The minimum absolute atomic E-state index is 0.0365. The first-order chi connectivity index (χ1) is 7.64. The molecule has 3 nitrogen and oxygen atoms in total. The van der Waals surface area contributed by atoms with Gasteiger partial charge in [-0.3, -0.25) is 4.79 Å². The molecule has 0 bridgehead atoms. The van der Waals surface area contributed by atoms with Gasteiger partial charge in [0.05, 0.1) is 13.2 Å². The Labute approximate surface area is 96.8 Å². The first kappa shape index (κ1) is 11.8. The summed E-state index contributed by atoms with van der Waals surface area (Å²) >= 11 is 0. The third-order valence-electron chi connectivity index (χ3n) is 3.52. The molecule has 3 heteroatoms. The Hall–Kier alpha value is -0.670. The van der Waals surface area contributed by atoms with E-state index in [-0.39, 0.29) is 11.2 Å². The van der Waals surface area contributed by atoms with Gasteiger partial charge in [0, 0.05) is 11.8 Å². The molecule has 1 heterocycles. The van der Waals surface area contributed by atoms with Gasteiger partial charge in [-0.05, 0) is 25.8 Å². The Kier molecular flexibility index (Phi) is 3.17. The zero-order chi connectivity index (χ0) is 11.6. The number of carbonyl (C=O) groups excluding carboxylic acids is 1. The Morgan fingerprint density at radius 2 is 1.94 bits per heavy atom. The summed E-state index contributed by atoms with van der Waals surface area (Å²) in [5, 5.41) is 0. The van der Waals surface area contributed by atoms with Gasteiger partial charge in [0.25, 0.3) is 0 Å². The number of hydrogen-bond acceptors (Lipinski definition) is 3. The Bertz CT molecular complexity index is 296. The lowest BCUT2D eigenvalue weighted by molar-refractivity contribution is -0.198. The molecule has 0 spiro atoms. The van der Waals surface area contributed by atoms with Crippen molar-refractivity contribution >= 4 is 5.78 Å². The minimum Gasteiger partial charge on any atom is -0.347 e. The van der Waals surface area contributed by atoms with Crippen molar-refractivity contribution < 1.29 is 14.3 Å². The van der Waals surface area contributed by atoms with E-state index in [1.807, 2.05) is 6.08 Å². The van der Waals surface area contributed by atoms with Crippen LogP contribution in [0.15, 0.2) is 12.2 Å². The van der Waals surface area contributed by atoms with E-state index >= 15 is 0 Å². The molecule has 0 aromatic carbocycles. The van der Waals surface area contributed by atoms with Gasteiger partial charge in [0.2, 0.25) is 0 Å². The van der Waals surface area contributed by atoms with Crippen LogP contribution in [0.2, 0.25) is 0 Å². The second-order valence-electron chi connectivity index (χ2n) is 4.80. The molecule has 0 atom stereocenters. The zero-order valence-corrected chi connectivity index (χ0v) is 10.1. The molecular weight excluding hydrogens is 204 g/mol. The first-order valence-electron chi connectivity index (χ1n) is 6.12. The molecule has 2 fully saturated rings. The van der Waals surface area contributed by atoms with E-state index in [4.69, 9.17) is 9.47 Å². The summed E-state index contributed by atoms with van der Waals surface area (Å²) in [4.78, 5) is 11.0. The normalized spacial score (nSPS) is 26.1. The van der Waals surface area contributed by atoms with Crippen molar-refractivity contribution in [1.82, 2.24) is 0 Å². The maximum atomic E-state index is 11.0. The van der Waals surface area contributed by atoms with E-state index in [1.54, 1.807) is 13.0 Å². The fourth-order valence-corrected chi connectivity index (χ4v) is 2.55. The summed E-state index contributed by atoms with van der Waals surface area (Å²) in [7, 11) is 0. The fourth-order valence-electron chi connectivity index (χ4n) is 2.55. The van der Waals surface area contributed by atoms with Gasteiger partial charge >= 0.3 is 0 Å². The molecule has 1 saturated heterocycles. The first-order valence-corrected chi connectivity index (χ1v) is 6.12. The highest BCUT2D eigenvalue weighted by molar-refractivity contribution is 5.87. The molecule has 16 heavy (non-hydrogen) atoms. The van der Waals surface area contributed by atoms with Gasteiger partial charge in [0.15, 0.2) is 11.6 Å². The average Bonchev–Trinajstić information content (AvgIpc) is 2.91. The van der Waals surface area contributed by atoms with Crippen LogP contribution in [0.5, 0.6) is 0 Å². The van der Waals surface area contributed by atoms with Gasteiger partial charge in [-0.25, -0.2) is 0 Å². The molecule has 90 valence electrons. The molecule has 0 radical (unpaired) electrons. The van der Waals surface area contributed by atoms with Gasteiger partial charge < -0.3 is 9.47 Å². The number of hydrogen-bond donors (Lipinski definition) is 0. The van der Waals surface area contributed by atoms with E-state index in [9.17, 15) is 4.79 Å². The predicted octanol–water partition coefficient (Wildman–Crippen LogP) is 2.46. The lowest BCUT2D eigenvalue weighted by Gasteiger charge is -2.34. The largest absolute Gasteiger partial charge is 0.347 e. The van der Waals surface area contributed by atoms with E-state index in [0.29, 0.717) is 13.2 Å². The highest BCUT2D eigenvalue weighted by Gasteiger charge is 2.60. The predicted molar refractivity (Wildman–Crippen MR) is 61.0 cm³/mol. The lowest BCUT2D eigenvalue weighted by atomic mass is 9.90. The summed E-state index contributed by atoms with van der Waals surface area (Å²) in [5.74, 6) is -0.357. The molecule has 2 rings (SSSR count). The van der Waals surface area contributed by atoms with Gasteiger partial charge in [-0.15, -0.1) is 0 Å². The number of ketones is 1. The van der Waals surface area contributed by atoms with E-state index in [0.717, 1.165) is 25.7 Å². The molecule has 0 amide bonds. The number of ether oxygens (including phenoxy) is 2. The highest BCUT2D eigenvalue weighted by Crippen LogP contribution is 2.60. The third kappa shape index (κ3) is 1.94. The third-order valence-corrected chi connectivity index (χ3v) is 3.52. The monoisotopic (exact) mass is 224 g/mol. The number of allylic oxidation sites excluding steroid dienone is 1. The van der Waals surface area contributed by atoms with E-state index < -0.39 is 5.79 Å². The SMILES string of the molecule is CCCC1(C2(/C=C/C(C)=O)CC2)OCCO1. The quantitative estimate of drug-likeness (QED) is 0.673. The molecule has 0 aromatic heterocycles. The van der Waals surface area contributed by atoms with Crippen LogP contribution in [0.25, 0.3) is 0 Å². The van der Waals surface area contributed by atoms with Gasteiger partial charge in [-0.1, -0.05) is 19.4 Å². The molecule has 1 saturated carbocycles. The molecule has 1 aliphatic heterocycles. The van der Waals surface area contributed by atoms with Crippen LogP contribution in [-0.2, 0) is 14.3 Å². The number of rotatable bonds is 5. The zero-order valence-electron chi connectivity index (χ0n) is 10.1. The average molecular weight is 224 g/mol. The summed E-state index contributed by atoms with van der Waals surface area (Å²) in [6.07, 6.45) is 7.75. The van der Waals surface area contributed by atoms with Gasteiger partial charge in [0.1, 0.15) is 0 Å². The lowest BCUT2D eigenvalue weighted by Crippen LogP contribution is -2.40. The standard InChI is InChI=1S/C13H20O3/c1-3-5-13(15-9-10-16-13)12(7-8-12)6-4-11(2)14/h4,6H,3,5,7-10H2,1-2H3/b6-4+. The maximum Gasteiger partial charge on any atom is 0.177 e. The van der Waals surface area contributed by atoms with Crippen LogP contribution in [0.4, 0.5) is 0 Å².